The van der Waals surface area contributed by atoms with Gasteiger partial charge in [0.05, 0.1) is 5.92 Å². The third-order valence-corrected chi connectivity index (χ3v) is 6.81. The molecule has 9 nitrogen and oxygen atoms in total. The number of esters is 4. The Morgan fingerprint density at radius 2 is 1.73 bits per heavy atom. The maximum atomic E-state index is 12.7. The highest BCUT2D eigenvalue weighted by molar-refractivity contribution is 5.92. The van der Waals surface area contributed by atoms with Gasteiger partial charge in [0.15, 0.2) is 12.2 Å². The molecule has 1 aliphatic heterocycles. The van der Waals surface area contributed by atoms with Crippen LogP contribution in [0.15, 0.2) is 35.5 Å². The minimum absolute atomic E-state index is 0.0493. The molecular formula is C24H30O9. The molecule has 3 rings (SSSR count). The Balaban J connectivity index is 2.21. The molecular weight excluding hydrogens is 432 g/mol. The van der Waals surface area contributed by atoms with E-state index >= 15 is 0 Å². The first-order valence-corrected chi connectivity index (χ1v) is 10.8. The van der Waals surface area contributed by atoms with Crippen molar-refractivity contribution in [2.45, 2.75) is 71.6 Å². The van der Waals surface area contributed by atoms with E-state index in [1.807, 2.05) is 0 Å². The van der Waals surface area contributed by atoms with Crippen LogP contribution in [0.3, 0.4) is 0 Å². The van der Waals surface area contributed by atoms with Crippen molar-refractivity contribution in [2.75, 3.05) is 0 Å². The highest BCUT2D eigenvalue weighted by Crippen LogP contribution is 2.54. The van der Waals surface area contributed by atoms with Crippen LogP contribution in [-0.4, -0.2) is 59.0 Å². The summed E-state index contributed by atoms with van der Waals surface area (Å²) in [5.74, 6) is -4.98. The molecule has 2 aliphatic carbocycles. The zero-order valence-corrected chi connectivity index (χ0v) is 19.6. The second kappa shape index (κ2) is 8.78. The Morgan fingerprint density at radius 3 is 2.27 bits per heavy atom. The molecule has 0 radical (unpaired) electrons. The smallest absolute Gasteiger partial charge is 0.334 e. The van der Waals surface area contributed by atoms with E-state index in [0.29, 0.717) is 5.57 Å². The summed E-state index contributed by atoms with van der Waals surface area (Å²) in [4.78, 5) is 49.2. The maximum absolute atomic E-state index is 12.7. The SMILES string of the molecule is C=C1C(=O)O[C@H]2[C@@H]1[C@@H](OC(=O)/C(C)=C\C)[C@@H](OC(C)=O)[C@@](C)(O)[C@H]1[C@H]2C(C)=C[C@@H]1OC(C)=O. The molecule has 0 aromatic heterocycles. The van der Waals surface area contributed by atoms with Crippen LogP contribution in [0.25, 0.3) is 0 Å². The van der Waals surface area contributed by atoms with Crippen molar-refractivity contribution in [3.8, 4) is 0 Å². The fourth-order valence-electron chi connectivity index (χ4n) is 5.25. The molecule has 1 N–H and O–H groups in total. The second-order valence-corrected chi connectivity index (χ2v) is 9.05. The quantitative estimate of drug-likeness (QED) is 0.288. The van der Waals surface area contributed by atoms with Gasteiger partial charge in [0.25, 0.3) is 0 Å². The first-order chi connectivity index (χ1) is 15.3. The standard InChI is InChI=1S/C24H30O9/c1-8-10(2)22(27)33-20-17-12(4)23(28)32-19(17)16-11(3)9-15(30-13(5)25)18(16)24(7,29)21(20)31-14(6)26/h8-9,15-21,29H,4H2,1-3,5-7H3/b10-8-/t15-,16+,17+,18+,19+,20+,21+,24-/m0/s1. The van der Waals surface area contributed by atoms with Gasteiger partial charge in [-0.25, -0.2) is 9.59 Å². The number of carbonyl (C=O) groups is 4. The van der Waals surface area contributed by atoms with E-state index in [9.17, 15) is 24.3 Å². The van der Waals surface area contributed by atoms with Crippen molar-refractivity contribution in [2.24, 2.45) is 17.8 Å². The minimum atomic E-state index is -1.84. The van der Waals surface area contributed by atoms with E-state index in [1.165, 1.54) is 20.8 Å². The van der Waals surface area contributed by atoms with Crippen molar-refractivity contribution in [3.05, 3.63) is 35.5 Å². The number of hydrogen-bond donors (Lipinski definition) is 1. The van der Waals surface area contributed by atoms with Gasteiger partial charge in [0.1, 0.15) is 17.8 Å². The number of allylic oxidation sites excluding steroid dienone is 1. The predicted molar refractivity (Wildman–Crippen MR) is 114 cm³/mol. The van der Waals surface area contributed by atoms with Crippen LogP contribution in [-0.2, 0) is 38.1 Å². The molecule has 3 aliphatic rings. The van der Waals surface area contributed by atoms with Crippen molar-refractivity contribution in [1.29, 1.82) is 0 Å². The average molecular weight is 462 g/mol. The summed E-state index contributed by atoms with van der Waals surface area (Å²) < 4.78 is 22.4. The number of ether oxygens (including phenoxy) is 4. The number of hydrogen-bond acceptors (Lipinski definition) is 9. The lowest BCUT2D eigenvalue weighted by Gasteiger charge is -2.42. The molecule has 1 saturated heterocycles. The van der Waals surface area contributed by atoms with Gasteiger partial charge in [-0.2, -0.15) is 0 Å². The third kappa shape index (κ3) is 4.21. The summed E-state index contributed by atoms with van der Waals surface area (Å²) in [7, 11) is 0. The highest BCUT2D eigenvalue weighted by Gasteiger charge is 2.66. The van der Waals surface area contributed by atoms with Gasteiger partial charge in [0.2, 0.25) is 0 Å². The molecule has 33 heavy (non-hydrogen) atoms. The minimum Gasteiger partial charge on any atom is -0.458 e. The monoisotopic (exact) mass is 462 g/mol. The summed E-state index contributed by atoms with van der Waals surface area (Å²) in [6, 6.07) is 0. The van der Waals surface area contributed by atoms with E-state index in [0.717, 1.165) is 5.57 Å². The Kier molecular flexibility index (Phi) is 6.57. The average Bonchev–Trinajstić information content (AvgIpc) is 3.16. The molecule has 8 atom stereocenters. The zero-order valence-electron chi connectivity index (χ0n) is 19.6. The predicted octanol–water partition coefficient (Wildman–Crippen LogP) is 1.78. The first kappa shape index (κ1) is 24.7. The van der Waals surface area contributed by atoms with E-state index in [-0.39, 0.29) is 5.57 Å². The van der Waals surface area contributed by atoms with Crippen LogP contribution in [0.1, 0.15) is 41.5 Å². The number of rotatable bonds is 4. The van der Waals surface area contributed by atoms with Crippen molar-refractivity contribution in [3.63, 3.8) is 0 Å². The maximum Gasteiger partial charge on any atom is 0.334 e. The molecule has 0 spiro atoms. The van der Waals surface area contributed by atoms with Crippen LogP contribution in [0.2, 0.25) is 0 Å². The van der Waals surface area contributed by atoms with Gasteiger partial charge in [-0.3, -0.25) is 9.59 Å². The Hall–Kier alpha value is -2.94. The summed E-state index contributed by atoms with van der Waals surface area (Å²) >= 11 is 0. The van der Waals surface area contributed by atoms with Crippen LogP contribution >= 0.6 is 0 Å². The summed E-state index contributed by atoms with van der Waals surface area (Å²) in [6.07, 6.45) is -1.17. The summed E-state index contributed by atoms with van der Waals surface area (Å²) in [5, 5.41) is 11.8. The fourth-order valence-corrected chi connectivity index (χ4v) is 5.25. The number of carbonyl (C=O) groups excluding carboxylic acids is 4. The lowest BCUT2D eigenvalue weighted by atomic mass is 9.74. The zero-order chi connectivity index (χ0) is 24.8. The largest absolute Gasteiger partial charge is 0.458 e. The molecule has 180 valence electrons. The summed E-state index contributed by atoms with van der Waals surface area (Å²) in [5.41, 5.74) is -0.770. The van der Waals surface area contributed by atoms with Crippen molar-refractivity contribution in [1.82, 2.24) is 0 Å². The molecule has 0 aromatic rings. The Bertz CT molecular complexity index is 957. The van der Waals surface area contributed by atoms with E-state index in [2.05, 4.69) is 6.58 Å². The van der Waals surface area contributed by atoms with Gasteiger partial charge in [0, 0.05) is 36.8 Å². The normalized spacial score (nSPS) is 37.8. The Morgan fingerprint density at radius 1 is 1.12 bits per heavy atom. The van der Waals surface area contributed by atoms with Crippen LogP contribution in [0.5, 0.6) is 0 Å². The van der Waals surface area contributed by atoms with Gasteiger partial charge < -0.3 is 24.1 Å². The molecule has 0 amide bonds. The number of aliphatic hydroxyl groups is 1. The van der Waals surface area contributed by atoms with Crippen LogP contribution in [0.4, 0.5) is 0 Å². The van der Waals surface area contributed by atoms with Crippen molar-refractivity contribution < 1.29 is 43.2 Å². The number of fused-ring (bicyclic) bond motifs is 3. The van der Waals surface area contributed by atoms with Gasteiger partial charge in [-0.05, 0) is 33.8 Å². The van der Waals surface area contributed by atoms with Gasteiger partial charge in [-0.1, -0.05) is 18.2 Å². The van der Waals surface area contributed by atoms with Gasteiger partial charge in [-0.15, -0.1) is 0 Å². The molecule has 9 heteroatoms. The highest BCUT2D eigenvalue weighted by atomic mass is 16.6. The third-order valence-electron chi connectivity index (χ3n) is 6.81. The molecule has 0 unspecified atom stereocenters. The molecule has 0 bridgehead atoms. The topological polar surface area (TPSA) is 125 Å². The van der Waals surface area contributed by atoms with E-state index in [1.54, 1.807) is 32.9 Å². The van der Waals surface area contributed by atoms with Crippen LogP contribution in [0, 0.1) is 17.8 Å². The van der Waals surface area contributed by atoms with Crippen molar-refractivity contribution >= 4 is 23.9 Å². The second-order valence-electron chi connectivity index (χ2n) is 9.05. The van der Waals surface area contributed by atoms with Crippen LogP contribution < -0.4 is 0 Å². The Labute approximate surface area is 192 Å². The molecule has 2 fully saturated rings. The fraction of sp³-hybridized carbons (Fsp3) is 0.583. The van der Waals surface area contributed by atoms with Gasteiger partial charge >= 0.3 is 23.9 Å². The first-order valence-electron chi connectivity index (χ1n) is 10.8. The molecule has 1 heterocycles. The lowest BCUT2D eigenvalue weighted by molar-refractivity contribution is -0.202. The van der Waals surface area contributed by atoms with E-state index < -0.39 is 71.6 Å². The lowest BCUT2D eigenvalue weighted by Crippen LogP contribution is -2.58. The molecule has 0 aromatic carbocycles. The summed E-state index contributed by atoms with van der Waals surface area (Å²) in [6.45, 7) is 12.7. The molecule has 1 saturated carbocycles. The van der Waals surface area contributed by atoms with E-state index in [4.69, 9.17) is 18.9 Å².